The monoisotopic (exact) mass is 517 g/mol. The van der Waals surface area contributed by atoms with Crippen LogP contribution in [0.2, 0.25) is 0 Å². The van der Waals surface area contributed by atoms with Gasteiger partial charge in [-0.05, 0) is 48.6 Å². The Balaban J connectivity index is 1.81. The van der Waals surface area contributed by atoms with E-state index in [0.717, 1.165) is 0 Å². The zero-order valence-corrected chi connectivity index (χ0v) is 19.5. The molecule has 0 N–H and O–H groups in total. The molecule has 1 aliphatic heterocycles. The fraction of sp³-hybridized carbons (Fsp3) is 0.333. The average Bonchev–Trinajstić information content (AvgIpc) is 2.82. The summed E-state index contributed by atoms with van der Waals surface area (Å²) >= 11 is 7.78. The van der Waals surface area contributed by atoms with Crippen molar-refractivity contribution in [2.75, 3.05) is 15.3 Å². The standard InChI is InChI=1S/C21H19ClF3N3O3S2/c22-28(33(29,30)15-6-2-1-3-7-15)19-20(27-17-9-5-4-8-16(17)26-19)31-18(21(23,24)25)14-10-12-32-13-11-14/h1-9,14,18H,10-13H2. The Kier molecular flexibility index (Phi) is 6.92. The van der Waals surface area contributed by atoms with E-state index in [1.54, 1.807) is 42.1 Å². The van der Waals surface area contributed by atoms with Crippen molar-refractivity contribution >= 4 is 50.4 Å². The van der Waals surface area contributed by atoms with E-state index in [-0.39, 0.29) is 15.9 Å². The number of thioether (sulfide) groups is 1. The highest BCUT2D eigenvalue weighted by atomic mass is 35.5. The molecule has 2 heterocycles. The number of benzene rings is 2. The molecule has 12 heteroatoms. The summed E-state index contributed by atoms with van der Waals surface area (Å²) in [5, 5.41) is 0. The quantitative estimate of drug-likeness (QED) is 0.406. The molecular weight excluding hydrogens is 499 g/mol. The van der Waals surface area contributed by atoms with Gasteiger partial charge in [0.1, 0.15) is 0 Å². The number of halogens is 4. The summed E-state index contributed by atoms with van der Waals surface area (Å²) in [5.41, 5.74) is 0.505. The first-order valence-corrected chi connectivity index (χ1v) is 13.0. The predicted octanol–water partition coefficient (Wildman–Crippen LogP) is 5.43. The molecule has 0 aliphatic carbocycles. The van der Waals surface area contributed by atoms with E-state index >= 15 is 0 Å². The highest BCUT2D eigenvalue weighted by Crippen LogP contribution is 2.40. The zero-order chi connectivity index (χ0) is 23.6. The van der Waals surface area contributed by atoms with Gasteiger partial charge in [0, 0.05) is 17.7 Å². The Bertz CT molecular complexity index is 1220. The van der Waals surface area contributed by atoms with Crippen LogP contribution in [0.4, 0.5) is 19.0 Å². The molecule has 1 aliphatic rings. The lowest BCUT2D eigenvalue weighted by molar-refractivity contribution is -0.211. The summed E-state index contributed by atoms with van der Waals surface area (Å²) in [6.45, 7) is 0. The molecule has 1 unspecified atom stereocenters. The highest BCUT2D eigenvalue weighted by molar-refractivity contribution is 7.99. The lowest BCUT2D eigenvalue weighted by Crippen LogP contribution is -2.43. The number of aromatic nitrogens is 2. The van der Waals surface area contributed by atoms with E-state index in [4.69, 9.17) is 16.5 Å². The minimum atomic E-state index is -4.69. The molecule has 2 aromatic carbocycles. The summed E-state index contributed by atoms with van der Waals surface area (Å²) in [4.78, 5) is 8.22. The van der Waals surface area contributed by atoms with Gasteiger partial charge in [0.05, 0.1) is 15.9 Å². The molecule has 0 saturated carbocycles. The molecule has 0 radical (unpaired) electrons. The van der Waals surface area contributed by atoms with E-state index in [9.17, 15) is 21.6 Å². The number of hydrogen-bond donors (Lipinski definition) is 0. The number of sulfonamides is 1. The summed E-state index contributed by atoms with van der Waals surface area (Å²) in [5.74, 6) is -0.744. The third-order valence-electron chi connectivity index (χ3n) is 5.20. The van der Waals surface area contributed by atoms with E-state index < -0.39 is 39.9 Å². The summed E-state index contributed by atoms with van der Waals surface area (Å²) < 4.78 is 73.8. The molecular formula is C21H19ClF3N3O3S2. The average molecular weight is 518 g/mol. The van der Waals surface area contributed by atoms with Crippen molar-refractivity contribution in [1.29, 1.82) is 0 Å². The van der Waals surface area contributed by atoms with E-state index in [1.807, 2.05) is 0 Å². The maximum absolute atomic E-state index is 14.0. The van der Waals surface area contributed by atoms with Gasteiger partial charge in [-0.15, -0.1) is 0 Å². The number of nitrogens with zero attached hydrogens (tertiary/aromatic N) is 3. The van der Waals surface area contributed by atoms with Crippen LogP contribution in [-0.2, 0) is 10.0 Å². The fourth-order valence-electron chi connectivity index (χ4n) is 3.54. The van der Waals surface area contributed by atoms with Crippen LogP contribution in [0.5, 0.6) is 5.88 Å². The molecule has 0 spiro atoms. The third kappa shape index (κ3) is 5.15. The fourth-order valence-corrected chi connectivity index (χ4v) is 6.06. The van der Waals surface area contributed by atoms with Crippen LogP contribution in [0.1, 0.15) is 12.8 Å². The van der Waals surface area contributed by atoms with Crippen LogP contribution in [0.15, 0.2) is 59.5 Å². The number of hydrogen-bond acceptors (Lipinski definition) is 6. The largest absolute Gasteiger partial charge is 0.462 e. The van der Waals surface area contributed by atoms with Crippen LogP contribution in [-0.4, -0.2) is 42.2 Å². The zero-order valence-electron chi connectivity index (χ0n) is 17.1. The second kappa shape index (κ2) is 9.55. The van der Waals surface area contributed by atoms with Gasteiger partial charge in [-0.1, -0.05) is 30.3 Å². The predicted molar refractivity (Wildman–Crippen MR) is 122 cm³/mol. The van der Waals surface area contributed by atoms with Gasteiger partial charge in [-0.3, -0.25) is 0 Å². The Hall–Kier alpha value is -2.24. The van der Waals surface area contributed by atoms with Gasteiger partial charge in [0.15, 0.2) is 6.10 Å². The maximum Gasteiger partial charge on any atom is 0.425 e. The summed E-state index contributed by atoms with van der Waals surface area (Å²) in [7, 11) is -4.35. The number of fused-ring (bicyclic) bond motifs is 1. The first-order valence-electron chi connectivity index (χ1n) is 10.0. The Morgan fingerprint density at radius 1 is 1.00 bits per heavy atom. The van der Waals surface area contributed by atoms with E-state index in [0.29, 0.717) is 28.2 Å². The van der Waals surface area contributed by atoms with Crippen LogP contribution < -0.4 is 8.56 Å². The molecule has 33 heavy (non-hydrogen) atoms. The van der Waals surface area contributed by atoms with Crippen LogP contribution >= 0.6 is 23.5 Å². The van der Waals surface area contributed by atoms with Crippen molar-refractivity contribution in [2.45, 2.75) is 30.0 Å². The van der Waals surface area contributed by atoms with Gasteiger partial charge >= 0.3 is 6.18 Å². The molecule has 0 bridgehead atoms. The summed E-state index contributed by atoms with van der Waals surface area (Å²) in [6, 6.07) is 13.6. The van der Waals surface area contributed by atoms with Crippen molar-refractivity contribution in [3.05, 3.63) is 54.6 Å². The number of alkyl halides is 3. The Labute approximate surface area is 198 Å². The minimum Gasteiger partial charge on any atom is -0.462 e. The minimum absolute atomic E-state index is 0.155. The van der Waals surface area contributed by atoms with Gasteiger partial charge in [-0.2, -0.15) is 37.2 Å². The Morgan fingerprint density at radius 2 is 1.58 bits per heavy atom. The molecule has 176 valence electrons. The molecule has 1 saturated heterocycles. The van der Waals surface area contributed by atoms with Crippen LogP contribution in [0, 0.1) is 5.92 Å². The smallest absolute Gasteiger partial charge is 0.425 e. The number of anilines is 1. The van der Waals surface area contributed by atoms with Gasteiger partial charge in [0.25, 0.3) is 15.9 Å². The highest BCUT2D eigenvalue weighted by Gasteiger charge is 2.48. The number of para-hydroxylation sites is 2. The molecule has 3 aromatic rings. The van der Waals surface area contributed by atoms with E-state index in [2.05, 4.69) is 9.97 Å². The molecule has 1 atom stereocenters. The van der Waals surface area contributed by atoms with Crippen LogP contribution in [0.3, 0.4) is 0 Å². The normalized spacial score (nSPS) is 16.5. The third-order valence-corrected chi connectivity index (χ3v) is 8.41. The van der Waals surface area contributed by atoms with Gasteiger partial charge in [-0.25, -0.2) is 9.97 Å². The van der Waals surface area contributed by atoms with Gasteiger partial charge < -0.3 is 4.74 Å². The lowest BCUT2D eigenvalue weighted by atomic mass is 9.95. The number of rotatable bonds is 6. The second-order valence-electron chi connectivity index (χ2n) is 7.40. The second-order valence-corrected chi connectivity index (χ2v) is 11.0. The first-order chi connectivity index (χ1) is 15.7. The summed E-state index contributed by atoms with van der Waals surface area (Å²) in [6.07, 6.45) is -6.22. The molecule has 6 nitrogen and oxygen atoms in total. The molecule has 4 rings (SSSR count). The van der Waals surface area contributed by atoms with Crippen molar-refractivity contribution in [1.82, 2.24) is 9.97 Å². The maximum atomic E-state index is 14.0. The topological polar surface area (TPSA) is 72.4 Å². The SMILES string of the molecule is O=S(=O)(c1ccccc1)N(Cl)c1nc2ccccc2nc1OC(C1CCSCC1)C(F)(F)F. The van der Waals surface area contributed by atoms with Crippen molar-refractivity contribution in [3.8, 4) is 5.88 Å². The number of ether oxygens (including phenoxy) is 1. The van der Waals surface area contributed by atoms with E-state index in [1.165, 1.54) is 24.3 Å². The lowest BCUT2D eigenvalue weighted by Gasteiger charge is -2.32. The molecule has 0 amide bonds. The van der Waals surface area contributed by atoms with Crippen molar-refractivity contribution < 1.29 is 26.3 Å². The molecule has 1 aromatic heterocycles. The molecule has 1 fully saturated rings. The van der Waals surface area contributed by atoms with Gasteiger partial charge in [0.2, 0.25) is 5.82 Å². The van der Waals surface area contributed by atoms with Crippen LogP contribution in [0.25, 0.3) is 11.0 Å². The Morgan fingerprint density at radius 3 is 2.18 bits per heavy atom. The van der Waals surface area contributed by atoms with Crippen molar-refractivity contribution in [3.63, 3.8) is 0 Å². The first kappa shape index (κ1) is 23.9. The van der Waals surface area contributed by atoms with Crippen molar-refractivity contribution in [2.24, 2.45) is 5.92 Å².